The zero-order valence-electron chi connectivity index (χ0n) is 10.2. The van der Waals surface area contributed by atoms with Gasteiger partial charge in [-0.2, -0.15) is 0 Å². The Balaban J connectivity index is 0.000000686. The van der Waals surface area contributed by atoms with Crippen LogP contribution in [0, 0.1) is 6.92 Å². The molecule has 0 heterocycles. The number of carbonyl (C=O) groups is 1. The molecule has 0 aliphatic carbocycles. The molecule has 2 aromatic rings. The lowest BCUT2D eigenvalue weighted by molar-refractivity contribution is 0.0696. The minimum Gasteiger partial charge on any atom is -0.507 e. The van der Waals surface area contributed by atoms with Crippen LogP contribution in [0.1, 0.15) is 29.8 Å². The van der Waals surface area contributed by atoms with Crippen molar-refractivity contribution in [1.82, 2.24) is 0 Å². The molecule has 0 atom stereocenters. The maximum absolute atomic E-state index is 10.9. The van der Waals surface area contributed by atoms with Gasteiger partial charge in [0.25, 0.3) is 0 Å². The topological polar surface area (TPSA) is 57.5 Å². The van der Waals surface area contributed by atoms with Gasteiger partial charge in [0.05, 0.1) is 5.56 Å². The van der Waals surface area contributed by atoms with Gasteiger partial charge in [-0.15, -0.1) is 0 Å². The van der Waals surface area contributed by atoms with Crippen LogP contribution < -0.4 is 0 Å². The highest BCUT2D eigenvalue weighted by Crippen LogP contribution is 2.29. The molecule has 0 bridgehead atoms. The Labute approximate surface area is 100 Å². The van der Waals surface area contributed by atoms with Crippen molar-refractivity contribution in [1.29, 1.82) is 0 Å². The van der Waals surface area contributed by atoms with E-state index in [0.29, 0.717) is 10.9 Å². The molecule has 3 nitrogen and oxygen atoms in total. The highest BCUT2D eigenvalue weighted by Gasteiger charge is 2.12. The predicted molar refractivity (Wildman–Crippen MR) is 68.7 cm³/mol. The number of carboxylic acid groups (broad SMARTS) is 1. The van der Waals surface area contributed by atoms with Crippen molar-refractivity contribution < 1.29 is 15.0 Å². The van der Waals surface area contributed by atoms with Crippen LogP contribution in [-0.2, 0) is 0 Å². The average Bonchev–Trinajstić information content (AvgIpc) is 2.36. The normalized spacial score (nSPS) is 9.59. The standard InChI is InChI=1S/C12H10O3.C2H6/c1-7-8-4-2-3-5-9(8)11(13)6-10(7)12(14)15;1-2/h2-6,13H,1H3,(H,14,15);1-2H3. The van der Waals surface area contributed by atoms with E-state index in [0.717, 1.165) is 5.39 Å². The molecule has 2 N–H and O–H groups in total. The highest BCUT2D eigenvalue weighted by atomic mass is 16.4. The summed E-state index contributed by atoms with van der Waals surface area (Å²) in [6.07, 6.45) is 0. The van der Waals surface area contributed by atoms with E-state index in [2.05, 4.69) is 0 Å². The van der Waals surface area contributed by atoms with Crippen molar-refractivity contribution in [3.8, 4) is 5.75 Å². The Kier molecular flexibility index (Phi) is 4.10. The molecule has 0 saturated heterocycles. The van der Waals surface area contributed by atoms with E-state index in [1.54, 1.807) is 19.1 Å². The summed E-state index contributed by atoms with van der Waals surface area (Å²) in [4.78, 5) is 10.9. The van der Waals surface area contributed by atoms with Crippen molar-refractivity contribution in [2.75, 3.05) is 0 Å². The fourth-order valence-corrected chi connectivity index (χ4v) is 1.72. The number of phenols is 1. The number of rotatable bonds is 1. The first kappa shape index (κ1) is 13.0. The summed E-state index contributed by atoms with van der Waals surface area (Å²) in [6, 6.07) is 8.49. The van der Waals surface area contributed by atoms with Gasteiger partial charge in [-0.05, 0) is 23.9 Å². The molecule has 0 aromatic heterocycles. The molecule has 90 valence electrons. The van der Waals surface area contributed by atoms with Crippen molar-refractivity contribution in [3.05, 3.63) is 41.5 Å². The third kappa shape index (κ3) is 2.38. The lowest BCUT2D eigenvalue weighted by Gasteiger charge is -2.07. The van der Waals surface area contributed by atoms with E-state index in [1.165, 1.54) is 6.07 Å². The highest BCUT2D eigenvalue weighted by molar-refractivity contribution is 6.00. The van der Waals surface area contributed by atoms with E-state index < -0.39 is 5.97 Å². The molecule has 17 heavy (non-hydrogen) atoms. The molecular weight excluding hydrogens is 216 g/mol. The van der Waals surface area contributed by atoms with Crippen LogP contribution in [0.15, 0.2) is 30.3 Å². The molecule has 0 radical (unpaired) electrons. The van der Waals surface area contributed by atoms with Gasteiger partial charge in [0.2, 0.25) is 0 Å². The number of carboxylic acids is 1. The molecule has 0 aliphatic rings. The van der Waals surface area contributed by atoms with Crippen LogP contribution in [0.25, 0.3) is 10.8 Å². The molecule has 0 aliphatic heterocycles. The van der Waals surface area contributed by atoms with Gasteiger partial charge in [0.15, 0.2) is 0 Å². The SMILES string of the molecule is CC.Cc1c(C(=O)O)cc(O)c2ccccc12. The van der Waals surface area contributed by atoms with Gasteiger partial charge in [0, 0.05) is 5.39 Å². The smallest absolute Gasteiger partial charge is 0.336 e. The Morgan fingerprint density at radius 2 is 1.65 bits per heavy atom. The second-order valence-electron chi connectivity index (χ2n) is 3.42. The zero-order chi connectivity index (χ0) is 13.0. The van der Waals surface area contributed by atoms with E-state index in [4.69, 9.17) is 5.11 Å². The van der Waals surface area contributed by atoms with Gasteiger partial charge >= 0.3 is 5.97 Å². The Morgan fingerprint density at radius 1 is 1.12 bits per heavy atom. The summed E-state index contributed by atoms with van der Waals surface area (Å²) in [6.45, 7) is 5.74. The first-order valence-corrected chi connectivity index (χ1v) is 5.56. The van der Waals surface area contributed by atoms with Crippen molar-refractivity contribution in [3.63, 3.8) is 0 Å². The number of aromatic hydroxyl groups is 1. The molecule has 2 rings (SSSR count). The number of aromatic carboxylic acids is 1. The summed E-state index contributed by atoms with van der Waals surface area (Å²) in [5, 5.41) is 20.1. The van der Waals surface area contributed by atoms with Crippen molar-refractivity contribution in [2.45, 2.75) is 20.8 Å². The summed E-state index contributed by atoms with van der Waals surface area (Å²) in [5.74, 6) is -1.01. The van der Waals surface area contributed by atoms with Crippen LogP contribution in [-0.4, -0.2) is 16.2 Å². The lowest BCUT2D eigenvalue weighted by atomic mass is 9.99. The first-order valence-electron chi connectivity index (χ1n) is 5.56. The number of fused-ring (bicyclic) bond motifs is 1. The fraction of sp³-hybridized carbons (Fsp3) is 0.214. The molecule has 0 saturated carbocycles. The quantitative estimate of drug-likeness (QED) is 0.790. The maximum Gasteiger partial charge on any atom is 0.336 e. The van der Waals surface area contributed by atoms with E-state index in [9.17, 15) is 9.90 Å². The van der Waals surface area contributed by atoms with Gasteiger partial charge in [-0.1, -0.05) is 38.1 Å². The van der Waals surface area contributed by atoms with E-state index in [1.807, 2.05) is 26.0 Å². The van der Waals surface area contributed by atoms with Crippen LogP contribution in [0.5, 0.6) is 5.75 Å². The minimum atomic E-state index is -1.02. The van der Waals surface area contributed by atoms with E-state index in [-0.39, 0.29) is 11.3 Å². The van der Waals surface area contributed by atoms with Gasteiger partial charge < -0.3 is 10.2 Å². The average molecular weight is 232 g/mol. The molecule has 0 unspecified atom stereocenters. The maximum atomic E-state index is 10.9. The Hall–Kier alpha value is -2.03. The van der Waals surface area contributed by atoms with Crippen LogP contribution in [0.4, 0.5) is 0 Å². The Morgan fingerprint density at radius 3 is 2.18 bits per heavy atom. The molecular formula is C14H16O3. The molecule has 2 aromatic carbocycles. The van der Waals surface area contributed by atoms with Crippen molar-refractivity contribution >= 4 is 16.7 Å². The lowest BCUT2D eigenvalue weighted by Crippen LogP contribution is -2.00. The van der Waals surface area contributed by atoms with Crippen LogP contribution in [0.3, 0.4) is 0 Å². The number of hydrogen-bond donors (Lipinski definition) is 2. The number of aryl methyl sites for hydroxylation is 1. The molecule has 3 heteroatoms. The summed E-state index contributed by atoms with van der Waals surface area (Å²) in [5.41, 5.74) is 0.821. The third-order valence-electron chi connectivity index (χ3n) is 2.52. The van der Waals surface area contributed by atoms with Gasteiger partial charge in [-0.3, -0.25) is 0 Å². The summed E-state index contributed by atoms with van der Waals surface area (Å²) < 4.78 is 0. The number of benzene rings is 2. The van der Waals surface area contributed by atoms with E-state index >= 15 is 0 Å². The molecule has 0 fully saturated rings. The number of phenolic OH excluding ortho intramolecular Hbond substituents is 1. The molecule has 0 amide bonds. The second-order valence-corrected chi connectivity index (χ2v) is 3.42. The third-order valence-corrected chi connectivity index (χ3v) is 2.52. The fourth-order valence-electron chi connectivity index (χ4n) is 1.72. The van der Waals surface area contributed by atoms with Crippen molar-refractivity contribution in [2.24, 2.45) is 0 Å². The summed E-state index contributed by atoms with van der Waals surface area (Å²) in [7, 11) is 0. The number of hydrogen-bond acceptors (Lipinski definition) is 2. The van der Waals surface area contributed by atoms with Crippen LogP contribution >= 0.6 is 0 Å². The van der Waals surface area contributed by atoms with Gasteiger partial charge in [-0.25, -0.2) is 4.79 Å². The predicted octanol–water partition coefficient (Wildman–Crippen LogP) is 3.58. The summed E-state index contributed by atoms with van der Waals surface area (Å²) >= 11 is 0. The second kappa shape index (κ2) is 5.34. The largest absolute Gasteiger partial charge is 0.507 e. The minimum absolute atomic E-state index is 0.00796. The Bertz CT molecular complexity index is 544. The monoisotopic (exact) mass is 232 g/mol. The zero-order valence-corrected chi connectivity index (χ0v) is 10.2. The van der Waals surface area contributed by atoms with Gasteiger partial charge in [0.1, 0.15) is 5.75 Å². The molecule has 0 spiro atoms. The van der Waals surface area contributed by atoms with Crippen LogP contribution in [0.2, 0.25) is 0 Å². The first-order chi connectivity index (χ1) is 8.11.